The minimum atomic E-state index is -5.15. The summed E-state index contributed by atoms with van der Waals surface area (Å²) in [4.78, 5) is 38.1. The molecule has 2 aromatic rings. The Labute approximate surface area is 210 Å². The Balaban J connectivity index is 1.90. The van der Waals surface area contributed by atoms with Crippen molar-refractivity contribution in [2.24, 2.45) is 0 Å². The van der Waals surface area contributed by atoms with E-state index in [1.165, 1.54) is 18.2 Å². The number of hydrogen-bond donors (Lipinski definition) is 3. The third kappa shape index (κ3) is 7.01. The van der Waals surface area contributed by atoms with Crippen LogP contribution in [0.15, 0.2) is 48.5 Å². The van der Waals surface area contributed by atoms with Crippen LogP contribution in [0.5, 0.6) is 0 Å². The molecular weight excluding hydrogens is 527 g/mol. The topological polar surface area (TPSA) is 98.7 Å². The van der Waals surface area contributed by atoms with Crippen molar-refractivity contribution in [2.45, 2.75) is 30.7 Å². The van der Waals surface area contributed by atoms with Gasteiger partial charge in [-0.05, 0) is 54.8 Å². The molecule has 14 heteroatoms. The Hall–Kier alpha value is -4.10. The smallest absolute Gasteiger partial charge is 0.416 e. The van der Waals surface area contributed by atoms with Crippen LogP contribution >= 0.6 is 0 Å². The number of rotatable bonds is 5. The molecule has 1 fully saturated rings. The molecule has 1 saturated heterocycles. The summed E-state index contributed by atoms with van der Waals surface area (Å²) in [6.45, 7) is -0.498. The second-order valence-electron chi connectivity index (χ2n) is 8.47. The minimum absolute atomic E-state index is 0.0984. The monoisotopic (exact) mass is 547 g/mol. The van der Waals surface area contributed by atoms with E-state index >= 15 is 0 Å². The van der Waals surface area contributed by atoms with Crippen LogP contribution in [0.2, 0.25) is 0 Å². The van der Waals surface area contributed by atoms with Crippen molar-refractivity contribution in [2.75, 3.05) is 18.4 Å². The molecule has 3 rings (SSSR count). The summed E-state index contributed by atoms with van der Waals surface area (Å²) in [5, 5.41) is 13.6. The maximum Gasteiger partial charge on any atom is 0.416 e. The predicted octanol–water partition coefficient (Wildman–Crippen LogP) is 5.14. The van der Waals surface area contributed by atoms with Crippen LogP contribution in [0.3, 0.4) is 0 Å². The lowest BCUT2D eigenvalue weighted by Gasteiger charge is -2.40. The van der Waals surface area contributed by atoms with Crippen LogP contribution in [0.1, 0.15) is 29.5 Å². The number of nitrogens with one attached hydrogen (secondary N) is 2. The number of piperidine rings is 1. The van der Waals surface area contributed by atoms with Gasteiger partial charge in [-0.2, -0.15) is 26.3 Å². The minimum Gasteiger partial charge on any atom is -0.465 e. The van der Waals surface area contributed by atoms with Gasteiger partial charge in [0.25, 0.3) is 0 Å². The second kappa shape index (κ2) is 10.7. The number of carbonyl (C=O) groups is 3. The SMILES string of the molecule is O=C(C=Cc1ccc(F)cc1)NC1(C(=O)Nc2cc(C(F)(F)F)cc(C(F)(F)F)c2)CCN(C(=O)O)CC1. The first-order valence-electron chi connectivity index (χ1n) is 10.9. The summed E-state index contributed by atoms with van der Waals surface area (Å²) in [5.74, 6) is -2.50. The lowest BCUT2D eigenvalue weighted by molar-refractivity contribution is -0.143. The van der Waals surface area contributed by atoms with E-state index in [1.54, 1.807) is 0 Å². The largest absolute Gasteiger partial charge is 0.465 e. The number of halogens is 7. The summed E-state index contributed by atoms with van der Waals surface area (Å²) in [5.41, 5.74) is -5.55. The first-order valence-corrected chi connectivity index (χ1v) is 10.9. The molecule has 0 spiro atoms. The van der Waals surface area contributed by atoms with Crippen molar-refractivity contribution in [3.63, 3.8) is 0 Å². The molecule has 0 bridgehead atoms. The molecule has 204 valence electrons. The number of amides is 3. The zero-order valence-electron chi connectivity index (χ0n) is 19.3. The fourth-order valence-electron chi connectivity index (χ4n) is 3.79. The lowest BCUT2D eigenvalue weighted by atomic mass is 9.86. The van der Waals surface area contributed by atoms with Crippen molar-refractivity contribution < 1.29 is 50.2 Å². The molecule has 0 aliphatic carbocycles. The van der Waals surface area contributed by atoms with E-state index in [4.69, 9.17) is 0 Å². The molecule has 1 heterocycles. The van der Waals surface area contributed by atoms with Crippen molar-refractivity contribution in [3.05, 3.63) is 71.0 Å². The van der Waals surface area contributed by atoms with Crippen molar-refractivity contribution in [1.82, 2.24) is 10.2 Å². The van der Waals surface area contributed by atoms with Gasteiger partial charge in [-0.25, -0.2) is 9.18 Å². The average Bonchev–Trinajstić information content (AvgIpc) is 2.82. The normalized spacial score (nSPS) is 15.8. The average molecular weight is 547 g/mol. The van der Waals surface area contributed by atoms with Gasteiger partial charge in [0.2, 0.25) is 11.8 Å². The van der Waals surface area contributed by atoms with Crippen molar-refractivity contribution in [3.8, 4) is 0 Å². The quantitative estimate of drug-likeness (QED) is 0.357. The van der Waals surface area contributed by atoms with Gasteiger partial charge in [0.1, 0.15) is 11.4 Å². The van der Waals surface area contributed by atoms with Gasteiger partial charge in [-0.3, -0.25) is 9.59 Å². The zero-order chi connectivity index (χ0) is 28.3. The lowest BCUT2D eigenvalue weighted by Crippen LogP contribution is -2.62. The van der Waals surface area contributed by atoms with E-state index in [9.17, 15) is 50.2 Å². The number of nitrogens with zero attached hydrogens (tertiary/aromatic N) is 1. The van der Waals surface area contributed by atoms with Gasteiger partial charge < -0.3 is 20.6 Å². The number of carboxylic acid groups (broad SMARTS) is 1. The van der Waals surface area contributed by atoms with E-state index in [0.29, 0.717) is 17.7 Å². The molecule has 0 saturated carbocycles. The van der Waals surface area contributed by atoms with Crippen LogP contribution < -0.4 is 10.6 Å². The Morgan fingerprint density at radius 3 is 1.89 bits per heavy atom. The van der Waals surface area contributed by atoms with Crippen LogP contribution in [-0.2, 0) is 21.9 Å². The summed E-state index contributed by atoms with van der Waals surface area (Å²) >= 11 is 0. The molecule has 1 aliphatic heterocycles. The van der Waals surface area contributed by atoms with Crippen molar-refractivity contribution >= 4 is 29.7 Å². The fraction of sp³-hybridized carbons (Fsp3) is 0.292. The predicted molar refractivity (Wildman–Crippen MR) is 120 cm³/mol. The maximum atomic E-state index is 13.2. The summed E-state index contributed by atoms with van der Waals surface area (Å²) < 4.78 is 92.4. The molecule has 7 nitrogen and oxygen atoms in total. The third-order valence-electron chi connectivity index (χ3n) is 5.83. The number of carbonyl (C=O) groups excluding carboxylic acids is 2. The molecule has 0 unspecified atom stereocenters. The molecule has 0 aromatic heterocycles. The standard InChI is InChI=1S/C24H20F7N3O4/c25-17-4-1-14(2-5-17)3-6-19(35)33-22(7-9-34(10-8-22)21(37)38)20(36)32-18-12-15(23(26,27)28)11-16(13-18)24(29,30)31/h1-6,11-13H,7-10H2,(H,32,36)(H,33,35)(H,37,38). The Kier molecular flexibility index (Phi) is 8.03. The van der Waals surface area contributed by atoms with Gasteiger partial charge in [0, 0.05) is 24.9 Å². The van der Waals surface area contributed by atoms with Crippen LogP contribution in [0.25, 0.3) is 6.08 Å². The highest BCUT2D eigenvalue weighted by molar-refractivity contribution is 6.03. The van der Waals surface area contributed by atoms with E-state index in [0.717, 1.165) is 23.1 Å². The van der Waals surface area contributed by atoms with Gasteiger partial charge in [0.05, 0.1) is 11.1 Å². The number of benzene rings is 2. The number of likely N-dealkylation sites (tertiary alicyclic amines) is 1. The number of anilines is 1. The van der Waals surface area contributed by atoms with E-state index in [2.05, 4.69) is 5.32 Å². The Morgan fingerprint density at radius 2 is 1.42 bits per heavy atom. The van der Waals surface area contributed by atoms with Gasteiger partial charge in [0.15, 0.2) is 0 Å². The molecule has 0 radical (unpaired) electrons. The van der Waals surface area contributed by atoms with Crippen LogP contribution in [0, 0.1) is 5.82 Å². The summed E-state index contributed by atoms with van der Waals surface area (Å²) in [6.07, 6.45) is -9.95. The second-order valence-corrected chi connectivity index (χ2v) is 8.47. The Morgan fingerprint density at radius 1 is 0.895 bits per heavy atom. The molecular formula is C24H20F7N3O4. The molecule has 2 aromatic carbocycles. The highest BCUT2D eigenvalue weighted by Crippen LogP contribution is 2.38. The van der Waals surface area contributed by atoms with E-state index in [1.807, 2.05) is 5.32 Å². The molecule has 1 aliphatic rings. The van der Waals surface area contributed by atoms with Gasteiger partial charge in [-0.1, -0.05) is 12.1 Å². The maximum absolute atomic E-state index is 13.2. The zero-order valence-corrected chi connectivity index (χ0v) is 19.3. The first-order chi connectivity index (χ1) is 17.6. The molecule has 3 amide bonds. The van der Waals surface area contributed by atoms with Crippen LogP contribution in [-0.4, -0.2) is 46.5 Å². The van der Waals surface area contributed by atoms with Crippen LogP contribution in [0.4, 0.5) is 41.2 Å². The Bertz CT molecular complexity index is 1200. The first kappa shape index (κ1) is 28.5. The molecule has 3 N–H and O–H groups in total. The third-order valence-corrected chi connectivity index (χ3v) is 5.83. The summed E-state index contributed by atoms with van der Waals surface area (Å²) in [6, 6.07) is 5.54. The highest BCUT2D eigenvalue weighted by atomic mass is 19.4. The summed E-state index contributed by atoms with van der Waals surface area (Å²) in [7, 11) is 0. The molecule has 0 atom stereocenters. The van der Waals surface area contributed by atoms with Crippen molar-refractivity contribution in [1.29, 1.82) is 0 Å². The van der Waals surface area contributed by atoms with E-state index in [-0.39, 0.29) is 32.0 Å². The molecule has 38 heavy (non-hydrogen) atoms. The van der Waals surface area contributed by atoms with Gasteiger partial charge >= 0.3 is 18.4 Å². The highest BCUT2D eigenvalue weighted by Gasteiger charge is 2.44. The number of hydrogen-bond acceptors (Lipinski definition) is 3. The van der Waals surface area contributed by atoms with Gasteiger partial charge in [-0.15, -0.1) is 0 Å². The van der Waals surface area contributed by atoms with E-state index < -0.39 is 58.4 Å². The fourth-order valence-corrected chi connectivity index (χ4v) is 3.79. The number of alkyl halides is 6.